The Bertz CT molecular complexity index is 592. The minimum atomic E-state index is -1.45. The highest BCUT2D eigenvalue weighted by Crippen LogP contribution is 2.37. The first-order valence-electron chi connectivity index (χ1n) is 6.19. The Kier molecular flexibility index (Phi) is 3.34. The minimum Gasteiger partial charge on any atom is -0.310 e. The molecule has 1 aliphatic rings. The van der Waals surface area contributed by atoms with Crippen LogP contribution >= 0.6 is 0 Å². The number of carbonyl (C=O) groups is 2. The molecule has 1 aromatic carbocycles. The summed E-state index contributed by atoms with van der Waals surface area (Å²) < 4.78 is 11.6. The van der Waals surface area contributed by atoms with Crippen LogP contribution in [-0.4, -0.2) is 27.2 Å². The summed E-state index contributed by atoms with van der Waals surface area (Å²) in [4.78, 5) is 26.0. The molecule has 1 amide bonds. The maximum absolute atomic E-state index is 12.5. The molecule has 1 heterocycles. The third-order valence-corrected chi connectivity index (χ3v) is 5.22. The first-order chi connectivity index (χ1) is 8.80. The molecular weight excluding hydrogens is 262 g/mol. The standard InChI is InChI=1S/C14H17NO3S/c1-5-15-11-7-6-10(9(2)16)8-12(11)19(18)14(3,4)13(15)17/h6-8H,5H2,1-4H3. The lowest BCUT2D eigenvalue weighted by Crippen LogP contribution is -2.51. The molecule has 0 saturated heterocycles. The molecule has 19 heavy (non-hydrogen) atoms. The third-order valence-electron chi connectivity index (χ3n) is 3.40. The Hall–Kier alpha value is -1.49. The van der Waals surface area contributed by atoms with Crippen molar-refractivity contribution in [3.05, 3.63) is 23.8 Å². The monoisotopic (exact) mass is 279 g/mol. The van der Waals surface area contributed by atoms with Crippen molar-refractivity contribution in [2.45, 2.75) is 37.3 Å². The molecule has 2 rings (SSSR count). The van der Waals surface area contributed by atoms with E-state index in [-0.39, 0.29) is 11.7 Å². The first-order valence-corrected chi connectivity index (χ1v) is 7.34. The summed E-state index contributed by atoms with van der Waals surface area (Å²) >= 11 is 0. The van der Waals surface area contributed by atoms with Crippen LogP contribution in [0.4, 0.5) is 5.69 Å². The molecule has 0 aliphatic carbocycles. The number of carbonyl (C=O) groups excluding carboxylic acids is 2. The molecule has 0 N–H and O–H groups in total. The first kappa shape index (κ1) is 13.9. The van der Waals surface area contributed by atoms with Crippen molar-refractivity contribution in [3.63, 3.8) is 0 Å². The molecule has 5 heteroatoms. The topological polar surface area (TPSA) is 54.5 Å². The number of benzene rings is 1. The van der Waals surface area contributed by atoms with Gasteiger partial charge in [-0.3, -0.25) is 13.8 Å². The molecule has 1 atom stereocenters. The second kappa shape index (κ2) is 4.56. The number of hydrogen-bond acceptors (Lipinski definition) is 3. The van der Waals surface area contributed by atoms with Gasteiger partial charge in [0, 0.05) is 12.1 Å². The largest absolute Gasteiger partial charge is 0.310 e. The van der Waals surface area contributed by atoms with Gasteiger partial charge in [-0.1, -0.05) is 0 Å². The lowest BCUT2D eigenvalue weighted by Gasteiger charge is -2.37. The Morgan fingerprint density at radius 1 is 1.37 bits per heavy atom. The van der Waals surface area contributed by atoms with Crippen LogP contribution in [0.3, 0.4) is 0 Å². The zero-order chi connectivity index (χ0) is 14.4. The fourth-order valence-electron chi connectivity index (χ4n) is 2.21. The predicted molar refractivity (Wildman–Crippen MR) is 75.0 cm³/mol. The molecule has 0 spiro atoms. The summed E-state index contributed by atoms with van der Waals surface area (Å²) in [5, 5.41) is 0. The van der Waals surface area contributed by atoms with Gasteiger partial charge < -0.3 is 4.90 Å². The van der Waals surface area contributed by atoms with Crippen LogP contribution in [0.2, 0.25) is 0 Å². The van der Waals surface area contributed by atoms with Gasteiger partial charge >= 0.3 is 0 Å². The summed E-state index contributed by atoms with van der Waals surface area (Å²) in [7, 11) is -1.45. The average molecular weight is 279 g/mol. The summed E-state index contributed by atoms with van der Waals surface area (Å²) in [6, 6.07) is 5.03. The highest BCUT2D eigenvalue weighted by atomic mass is 32.2. The van der Waals surface area contributed by atoms with Gasteiger partial charge in [-0.25, -0.2) is 0 Å². The molecule has 0 saturated carbocycles. The second-order valence-corrected chi connectivity index (χ2v) is 7.07. The quantitative estimate of drug-likeness (QED) is 0.779. The fourth-order valence-corrected chi connectivity index (χ4v) is 3.63. The van der Waals surface area contributed by atoms with Gasteiger partial charge in [0.2, 0.25) is 5.91 Å². The fraction of sp³-hybridized carbons (Fsp3) is 0.429. The zero-order valence-electron chi connectivity index (χ0n) is 11.5. The number of fused-ring (bicyclic) bond motifs is 1. The Balaban J connectivity index is 2.68. The van der Waals surface area contributed by atoms with Gasteiger partial charge in [0.25, 0.3) is 0 Å². The van der Waals surface area contributed by atoms with Gasteiger partial charge in [-0.15, -0.1) is 0 Å². The number of rotatable bonds is 2. The van der Waals surface area contributed by atoms with Gasteiger partial charge in [0.05, 0.1) is 21.4 Å². The SMILES string of the molecule is CCN1C(=O)C(C)(C)S(=O)c2cc(C(C)=O)ccc21. The second-order valence-electron chi connectivity index (χ2n) is 5.07. The van der Waals surface area contributed by atoms with E-state index in [1.165, 1.54) is 6.92 Å². The third kappa shape index (κ3) is 2.02. The van der Waals surface area contributed by atoms with E-state index in [0.717, 1.165) is 0 Å². The van der Waals surface area contributed by atoms with Crippen molar-refractivity contribution >= 4 is 28.2 Å². The van der Waals surface area contributed by atoms with E-state index >= 15 is 0 Å². The zero-order valence-corrected chi connectivity index (χ0v) is 12.3. The van der Waals surface area contributed by atoms with Crippen LogP contribution in [0.5, 0.6) is 0 Å². The van der Waals surface area contributed by atoms with E-state index < -0.39 is 15.5 Å². The van der Waals surface area contributed by atoms with Crippen molar-refractivity contribution in [3.8, 4) is 0 Å². The number of amides is 1. The van der Waals surface area contributed by atoms with Crippen molar-refractivity contribution in [1.29, 1.82) is 0 Å². The lowest BCUT2D eigenvalue weighted by atomic mass is 10.1. The predicted octanol–water partition coefficient (Wildman–Crippen LogP) is 2.14. The summed E-state index contributed by atoms with van der Waals surface area (Å²) in [5.74, 6) is -0.214. The highest BCUT2D eigenvalue weighted by molar-refractivity contribution is 7.87. The smallest absolute Gasteiger partial charge is 0.245 e. The van der Waals surface area contributed by atoms with Gasteiger partial charge in [0.1, 0.15) is 4.75 Å². The number of anilines is 1. The molecule has 4 nitrogen and oxygen atoms in total. The van der Waals surface area contributed by atoms with Crippen molar-refractivity contribution in [2.24, 2.45) is 0 Å². The van der Waals surface area contributed by atoms with Crippen LogP contribution in [0.1, 0.15) is 38.1 Å². The van der Waals surface area contributed by atoms with E-state index in [1.807, 2.05) is 6.92 Å². The Labute approximate surface area is 115 Å². The van der Waals surface area contributed by atoms with Crippen molar-refractivity contribution < 1.29 is 13.8 Å². The van der Waals surface area contributed by atoms with Crippen LogP contribution in [-0.2, 0) is 15.6 Å². The maximum atomic E-state index is 12.5. The van der Waals surface area contributed by atoms with Crippen LogP contribution in [0.25, 0.3) is 0 Å². The van der Waals surface area contributed by atoms with Crippen LogP contribution < -0.4 is 4.90 Å². The normalized spacial score (nSPS) is 21.2. The van der Waals surface area contributed by atoms with E-state index in [9.17, 15) is 13.8 Å². The van der Waals surface area contributed by atoms with E-state index in [0.29, 0.717) is 22.7 Å². The van der Waals surface area contributed by atoms with Gasteiger partial charge in [-0.2, -0.15) is 0 Å². The number of ketones is 1. The van der Waals surface area contributed by atoms with E-state index in [2.05, 4.69) is 0 Å². The maximum Gasteiger partial charge on any atom is 0.245 e. The molecule has 0 aromatic heterocycles. The highest BCUT2D eigenvalue weighted by Gasteiger charge is 2.44. The Morgan fingerprint density at radius 3 is 2.53 bits per heavy atom. The molecule has 102 valence electrons. The number of Topliss-reactive ketones (excluding diaryl/α,β-unsaturated/α-hetero) is 1. The minimum absolute atomic E-state index is 0.0717. The summed E-state index contributed by atoms with van der Waals surface area (Å²) in [5.41, 5.74) is 1.17. The molecule has 0 fully saturated rings. The molecular formula is C14H17NO3S. The number of nitrogens with zero attached hydrogens (tertiary/aromatic N) is 1. The molecule has 1 aromatic rings. The van der Waals surface area contributed by atoms with Crippen LogP contribution in [0, 0.1) is 0 Å². The molecule has 0 bridgehead atoms. The van der Waals surface area contributed by atoms with E-state index in [4.69, 9.17) is 0 Å². The molecule has 1 unspecified atom stereocenters. The number of hydrogen-bond donors (Lipinski definition) is 0. The van der Waals surface area contributed by atoms with Crippen LogP contribution in [0.15, 0.2) is 23.1 Å². The van der Waals surface area contributed by atoms with Gasteiger partial charge in [-0.05, 0) is 45.9 Å². The molecule has 1 aliphatic heterocycles. The summed E-state index contributed by atoms with van der Waals surface area (Å²) in [6.07, 6.45) is 0. The molecule has 0 radical (unpaired) electrons. The lowest BCUT2D eigenvalue weighted by molar-refractivity contribution is -0.120. The average Bonchev–Trinajstić information content (AvgIpc) is 2.37. The summed E-state index contributed by atoms with van der Waals surface area (Å²) in [6.45, 7) is 7.23. The Morgan fingerprint density at radius 2 is 2.00 bits per heavy atom. The van der Waals surface area contributed by atoms with E-state index in [1.54, 1.807) is 36.9 Å². The van der Waals surface area contributed by atoms with Crippen molar-refractivity contribution in [2.75, 3.05) is 11.4 Å². The van der Waals surface area contributed by atoms with Gasteiger partial charge in [0.15, 0.2) is 5.78 Å². The van der Waals surface area contributed by atoms with Crippen molar-refractivity contribution in [1.82, 2.24) is 0 Å².